The largest absolute Gasteiger partial charge is 0.347 e. The van der Waals surface area contributed by atoms with Crippen LogP contribution >= 0.6 is 0 Å². The Morgan fingerprint density at radius 1 is 1.62 bits per heavy atom. The van der Waals surface area contributed by atoms with Gasteiger partial charge in [0.1, 0.15) is 6.33 Å². The average Bonchev–Trinajstić information content (AvgIpc) is 2.68. The molecule has 0 bridgehead atoms. The molecule has 1 aromatic rings. The van der Waals surface area contributed by atoms with E-state index in [0.717, 1.165) is 12.8 Å². The molecule has 5 heteroatoms. The lowest BCUT2D eigenvalue weighted by molar-refractivity contribution is 0.0892. The van der Waals surface area contributed by atoms with Crippen LogP contribution < -0.4 is 5.32 Å². The van der Waals surface area contributed by atoms with Crippen LogP contribution in [0, 0.1) is 5.41 Å². The van der Waals surface area contributed by atoms with E-state index in [1.54, 1.807) is 0 Å². The molecule has 5 nitrogen and oxygen atoms in total. The van der Waals surface area contributed by atoms with E-state index in [0.29, 0.717) is 11.2 Å². The van der Waals surface area contributed by atoms with Crippen molar-refractivity contribution in [2.75, 3.05) is 0 Å². The highest BCUT2D eigenvalue weighted by atomic mass is 16.2. The van der Waals surface area contributed by atoms with Gasteiger partial charge in [-0.1, -0.05) is 20.3 Å². The van der Waals surface area contributed by atoms with Crippen molar-refractivity contribution < 1.29 is 4.79 Å². The minimum atomic E-state index is -0.153. The van der Waals surface area contributed by atoms with Crippen molar-refractivity contribution >= 4 is 5.91 Å². The zero-order valence-electron chi connectivity index (χ0n) is 9.79. The minimum Gasteiger partial charge on any atom is -0.347 e. The van der Waals surface area contributed by atoms with Crippen molar-refractivity contribution in [3.8, 4) is 0 Å². The van der Waals surface area contributed by atoms with Crippen LogP contribution in [0.1, 0.15) is 50.1 Å². The molecule has 0 saturated heterocycles. The molecule has 1 fully saturated rings. The number of carbonyl (C=O) groups is 1. The highest BCUT2D eigenvalue weighted by Gasteiger charge is 2.29. The summed E-state index contributed by atoms with van der Waals surface area (Å²) >= 11 is 0. The van der Waals surface area contributed by atoms with E-state index in [-0.39, 0.29) is 11.9 Å². The van der Waals surface area contributed by atoms with Crippen molar-refractivity contribution in [1.82, 2.24) is 20.5 Å². The van der Waals surface area contributed by atoms with Crippen LogP contribution in [-0.2, 0) is 0 Å². The number of aromatic amines is 1. The minimum absolute atomic E-state index is 0.153. The van der Waals surface area contributed by atoms with Crippen LogP contribution in [-0.4, -0.2) is 27.1 Å². The standard InChI is InChI=1S/C11H18N4O/c1-11(2)5-3-4-8(6-11)14-10(16)9-12-7-13-15-9/h7-8H,3-6H2,1-2H3,(H,14,16)(H,12,13,15). The average molecular weight is 222 g/mol. The second-order valence-electron chi connectivity index (χ2n) is 5.27. The fourth-order valence-corrected chi connectivity index (χ4v) is 2.39. The Morgan fingerprint density at radius 3 is 3.06 bits per heavy atom. The topological polar surface area (TPSA) is 70.7 Å². The van der Waals surface area contributed by atoms with Gasteiger partial charge in [-0.25, -0.2) is 4.98 Å². The van der Waals surface area contributed by atoms with Crippen molar-refractivity contribution in [2.24, 2.45) is 5.41 Å². The molecule has 0 spiro atoms. The molecule has 1 amide bonds. The highest BCUT2D eigenvalue weighted by Crippen LogP contribution is 2.35. The lowest BCUT2D eigenvalue weighted by atomic mass is 9.75. The fraction of sp³-hybridized carbons (Fsp3) is 0.727. The van der Waals surface area contributed by atoms with E-state index in [1.165, 1.54) is 19.2 Å². The van der Waals surface area contributed by atoms with Gasteiger partial charge in [-0.15, -0.1) is 0 Å². The quantitative estimate of drug-likeness (QED) is 0.796. The molecule has 0 aliphatic heterocycles. The lowest BCUT2D eigenvalue weighted by Gasteiger charge is -2.35. The Morgan fingerprint density at radius 2 is 2.44 bits per heavy atom. The monoisotopic (exact) mass is 222 g/mol. The Kier molecular flexibility index (Phi) is 2.94. The summed E-state index contributed by atoms with van der Waals surface area (Å²) in [6.45, 7) is 4.50. The predicted molar refractivity (Wildman–Crippen MR) is 59.9 cm³/mol. The number of carbonyl (C=O) groups excluding carboxylic acids is 1. The maximum absolute atomic E-state index is 11.7. The molecule has 0 aromatic carbocycles. The molecule has 88 valence electrons. The maximum atomic E-state index is 11.7. The van der Waals surface area contributed by atoms with E-state index < -0.39 is 0 Å². The first kappa shape index (κ1) is 11.1. The van der Waals surface area contributed by atoms with Gasteiger partial charge < -0.3 is 5.32 Å². The van der Waals surface area contributed by atoms with Gasteiger partial charge in [-0.05, 0) is 24.7 Å². The van der Waals surface area contributed by atoms with Crippen molar-refractivity contribution in [1.29, 1.82) is 0 Å². The molecule has 1 unspecified atom stereocenters. The van der Waals surface area contributed by atoms with Crippen LogP contribution in [0.2, 0.25) is 0 Å². The third-order valence-corrected chi connectivity index (χ3v) is 3.17. The van der Waals surface area contributed by atoms with Crippen LogP contribution in [0.3, 0.4) is 0 Å². The number of amides is 1. The van der Waals surface area contributed by atoms with Gasteiger partial charge in [-0.2, -0.15) is 5.10 Å². The molecule has 1 heterocycles. The normalized spacial score (nSPS) is 24.0. The summed E-state index contributed by atoms with van der Waals surface area (Å²) in [5, 5.41) is 9.25. The molecule has 2 N–H and O–H groups in total. The van der Waals surface area contributed by atoms with Gasteiger partial charge in [-0.3, -0.25) is 9.89 Å². The van der Waals surface area contributed by atoms with Crippen LogP contribution in [0.25, 0.3) is 0 Å². The first-order valence-electron chi connectivity index (χ1n) is 5.73. The van der Waals surface area contributed by atoms with Crippen LogP contribution in [0.4, 0.5) is 0 Å². The van der Waals surface area contributed by atoms with Gasteiger partial charge in [0.2, 0.25) is 5.82 Å². The van der Waals surface area contributed by atoms with Gasteiger partial charge in [0, 0.05) is 6.04 Å². The first-order valence-corrected chi connectivity index (χ1v) is 5.73. The molecule has 0 radical (unpaired) electrons. The predicted octanol–water partition coefficient (Wildman–Crippen LogP) is 1.50. The number of rotatable bonds is 2. The Labute approximate surface area is 95.0 Å². The third kappa shape index (κ3) is 2.59. The summed E-state index contributed by atoms with van der Waals surface area (Å²) < 4.78 is 0. The van der Waals surface area contributed by atoms with E-state index in [4.69, 9.17) is 0 Å². The number of nitrogens with zero attached hydrogens (tertiary/aromatic N) is 2. The molecule has 16 heavy (non-hydrogen) atoms. The first-order chi connectivity index (χ1) is 7.57. The van der Waals surface area contributed by atoms with Gasteiger partial charge >= 0.3 is 0 Å². The SMILES string of the molecule is CC1(C)CCCC(NC(=O)c2ncn[nH]2)C1. The highest BCUT2D eigenvalue weighted by molar-refractivity contribution is 5.90. The second kappa shape index (κ2) is 4.23. The third-order valence-electron chi connectivity index (χ3n) is 3.17. The molecular weight excluding hydrogens is 204 g/mol. The Hall–Kier alpha value is -1.39. The second-order valence-corrected chi connectivity index (χ2v) is 5.27. The summed E-state index contributed by atoms with van der Waals surface area (Å²) in [4.78, 5) is 15.6. The van der Waals surface area contributed by atoms with E-state index in [9.17, 15) is 4.79 Å². The Balaban J connectivity index is 1.92. The van der Waals surface area contributed by atoms with Gasteiger partial charge in [0.25, 0.3) is 5.91 Å². The smallest absolute Gasteiger partial charge is 0.288 e. The van der Waals surface area contributed by atoms with Crippen molar-refractivity contribution in [3.63, 3.8) is 0 Å². The molecular formula is C11H18N4O. The molecule has 1 aliphatic rings. The van der Waals surface area contributed by atoms with E-state index in [1.807, 2.05) is 0 Å². The van der Waals surface area contributed by atoms with E-state index >= 15 is 0 Å². The number of hydrogen-bond donors (Lipinski definition) is 2. The zero-order chi connectivity index (χ0) is 11.6. The summed E-state index contributed by atoms with van der Waals surface area (Å²) in [6.07, 6.45) is 5.85. The number of aromatic nitrogens is 3. The van der Waals surface area contributed by atoms with Crippen LogP contribution in [0.15, 0.2) is 6.33 Å². The van der Waals surface area contributed by atoms with Crippen LogP contribution in [0.5, 0.6) is 0 Å². The maximum Gasteiger partial charge on any atom is 0.288 e. The molecule has 1 aromatic heterocycles. The number of nitrogens with one attached hydrogen (secondary N) is 2. The molecule has 1 saturated carbocycles. The van der Waals surface area contributed by atoms with Gasteiger partial charge in [0.05, 0.1) is 0 Å². The lowest BCUT2D eigenvalue weighted by Crippen LogP contribution is -2.41. The Bertz CT molecular complexity index is 358. The van der Waals surface area contributed by atoms with Crippen molar-refractivity contribution in [2.45, 2.75) is 45.6 Å². The summed E-state index contributed by atoms with van der Waals surface area (Å²) in [5.41, 5.74) is 0.331. The molecule has 1 aliphatic carbocycles. The number of H-pyrrole nitrogens is 1. The van der Waals surface area contributed by atoms with Crippen molar-refractivity contribution in [3.05, 3.63) is 12.2 Å². The molecule has 2 rings (SSSR count). The fourth-order valence-electron chi connectivity index (χ4n) is 2.39. The van der Waals surface area contributed by atoms with E-state index in [2.05, 4.69) is 34.3 Å². The summed E-state index contributed by atoms with van der Waals surface area (Å²) in [6, 6.07) is 0.265. The summed E-state index contributed by atoms with van der Waals surface area (Å²) in [7, 11) is 0. The van der Waals surface area contributed by atoms with Gasteiger partial charge in [0.15, 0.2) is 0 Å². The molecule has 1 atom stereocenters. The zero-order valence-corrected chi connectivity index (χ0v) is 9.79. The summed E-state index contributed by atoms with van der Waals surface area (Å²) in [5.74, 6) is 0.142. The number of hydrogen-bond acceptors (Lipinski definition) is 3.